The van der Waals surface area contributed by atoms with E-state index >= 15 is 0 Å². The van der Waals surface area contributed by atoms with Gasteiger partial charge in [-0.05, 0) is 29.8 Å². The third-order valence-corrected chi connectivity index (χ3v) is 4.60. The van der Waals surface area contributed by atoms with E-state index in [0.29, 0.717) is 28.1 Å². The van der Waals surface area contributed by atoms with Crippen LogP contribution < -0.4 is 5.32 Å². The molecule has 3 nitrogen and oxygen atoms in total. The normalized spacial score (nSPS) is 10.1. The minimum absolute atomic E-state index is 0.0270. The Bertz CT molecular complexity index is 746. The summed E-state index contributed by atoms with van der Waals surface area (Å²) >= 11 is 4.83. The fraction of sp³-hybridized carbons (Fsp3) is 0.176. The van der Waals surface area contributed by atoms with Crippen molar-refractivity contribution in [3.05, 3.63) is 69.4 Å². The molecule has 23 heavy (non-hydrogen) atoms. The van der Waals surface area contributed by atoms with Gasteiger partial charge in [0.2, 0.25) is 0 Å². The Morgan fingerprint density at radius 3 is 2.87 bits per heavy atom. The van der Waals surface area contributed by atoms with Crippen LogP contribution in [0.15, 0.2) is 46.9 Å². The molecule has 0 radical (unpaired) electrons. The predicted molar refractivity (Wildman–Crippen MR) is 93.8 cm³/mol. The third kappa shape index (κ3) is 5.08. The van der Waals surface area contributed by atoms with Crippen LogP contribution in [0.1, 0.15) is 21.5 Å². The number of halogens is 2. The van der Waals surface area contributed by atoms with Gasteiger partial charge in [-0.15, -0.1) is 0 Å². The molecule has 0 aliphatic rings. The monoisotopic (exact) mass is 392 g/mol. The zero-order chi connectivity index (χ0) is 16.7. The first-order chi connectivity index (χ1) is 11.1. The highest BCUT2D eigenvalue weighted by atomic mass is 79.9. The fourth-order valence-corrected chi connectivity index (χ4v) is 3.16. The summed E-state index contributed by atoms with van der Waals surface area (Å²) in [5, 5.41) is 11.7. The molecule has 0 heterocycles. The fourth-order valence-electron chi connectivity index (χ4n) is 1.94. The zero-order valence-corrected chi connectivity index (χ0v) is 14.6. The highest BCUT2D eigenvalue weighted by Crippen LogP contribution is 2.17. The molecule has 1 N–H and O–H groups in total. The summed E-state index contributed by atoms with van der Waals surface area (Å²) < 4.78 is 14.2. The molecule has 0 unspecified atom stereocenters. The van der Waals surface area contributed by atoms with Crippen LogP contribution in [0.25, 0.3) is 0 Å². The smallest absolute Gasteiger partial charge is 0.254 e. The molecule has 0 aromatic heterocycles. The molecule has 118 valence electrons. The molecule has 0 aliphatic heterocycles. The summed E-state index contributed by atoms with van der Waals surface area (Å²) in [6, 6.07) is 13.9. The minimum atomic E-state index is -0.540. The summed E-state index contributed by atoms with van der Waals surface area (Å²) in [6.07, 6.45) is 0. The summed E-state index contributed by atoms with van der Waals surface area (Å²) in [4.78, 5) is 11.9. The molecule has 0 saturated carbocycles. The maximum Gasteiger partial charge on any atom is 0.254 e. The summed E-state index contributed by atoms with van der Waals surface area (Å²) in [5.74, 6) is 0.412. The quantitative estimate of drug-likeness (QED) is 0.752. The lowest BCUT2D eigenvalue weighted by molar-refractivity contribution is 0.0952. The molecule has 2 aromatic carbocycles. The number of thioether (sulfide) groups is 1. The van der Waals surface area contributed by atoms with Crippen molar-refractivity contribution in [2.75, 3.05) is 12.3 Å². The molecule has 0 atom stereocenters. The summed E-state index contributed by atoms with van der Waals surface area (Å²) in [6.45, 7) is 0.435. The van der Waals surface area contributed by atoms with E-state index < -0.39 is 11.7 Å². The summed E-state index contributed by atoms with van der Waals surface area (Å²) in [5.41, 5.74) is 1.67. The first kappa shape index (κ1) is 17.5. The lowest BCUT2D eigenvalue weighted by atomic mass is 10.1. The molecule has 0 saturated heterocycles. The molecular weight excluding hydrogens is 379 g/mol. The first-order valence-electron chi connectivity index (χ1n) is 6.91. The standard InChI is InChI=1S/C17H14BrFN2OS/c18-14-5-6-16(19)15(9-14)17(22)21-7-8-23-11-13-4-2-1-3-12(13)10-20/h1-6,9H,7-8,11H2,(H,21,22). The minimum Gasteiger partial charge on any atom is -0.351 e. The van der Waals surface area contributed by atoms with Crippen molar-refractivity contribution >= 4 is 33.6 Å². The van der Waals surface area contributed by atoms with Crippen molar-refractivity contribution in [2.45, 2.75) is 5.75 Å². The molecule has 2 aromatic rings. The number of hydrogen-bond donors (Lipinski definition) is 1. The van der Waals surface area contributed by atoms with Crippen molar-refractivity contribution in [3.8, 4) is 6.07 Å². The van der Waals surface area contributed by atoms with E-state index in [9.17, 15) is 9.18 Å². The van der Waals surface area contributed by atoms with Crippen LogP contribution in [0.4, 0.5) is 4.39 Å². The van der Waals surface area contributed by atoms with Crippen LogP contribution >= 0.6 is 27.7 Å². The highest BCUT2D eigenvalue weighted by molar-refractivity contribution is 9.10. The van der Waals surface area contributed by atoms with E-state index in [-0.39, 0.29) is 5.56 Å². The molecule has 2 rings (SSSR count). The molecule has 6 heteroatoms. The Morgan fingerprint density at radius 2 is 2.09 bits per heavy atom. The predicted octanol–water partition coefficient (Wildman–Crippen LogP) is 4.12. The largest absolute Gasteiger partial charge is 0.351 e. The maximum absolute atomic E-state index is 13.6. The van der Waals surface area contributed by atoms with E-state index in [1.807, 2.05) is 18.2 Å². The Kier molecular flexibility index (Phi) is 6.63. The molecule has 1 amide bonds. The van der Waals surface area contributed by atoms with Crippen LogP contribution in [0.3, 0.4) is 0 Å². The van der Waals surface area contributed by atoms with E-state index in [4.69, 9.17) is 5.26 Å². The average molecular weight is 393 g/mol. The number of nitrogens with zero attached hydrogens (tertiary/aromatic N) is 1. The molecule has 0 aliphatic carbocycles. The third-order valence-electron chi connectivity index (χ3n) is 3.10. The first-order valence-corrected chi connectivity index (χ1v) is 8.85. The van der Waals surface area contributed by atoms with Gasteiger partial charge >= 0.3 is 0 Å². The van der Waals surface area contributed by atoms with Crippen molar-refractivity contribution in [2.24, 2.45) is 0 Å². The van der Waals surface area contributed by atoms with Gasteiger partial charge in [0.1, 0.15) is 5.82 Å². The van der Waals surface area contributed by atoms with Gasteiger partial charge in [0.15, 0.2) is 0 Å². The van der Waals surface area contributed by atoms with E-state index in [0.717, 1.165) is 5.56 Å². The lowest BCUT2D eigenvalue weighted by Crippen LogP contribution is -2.26. The Labute approximate surface area is 147 Å². The van der Waals surface area contributed by atoms with Crippen molar-refractivity contribution in [1.29, 1.82) is 5.26 Å². The maximum atomic E-state index is 13.6. The topological polar surface area (TPSA) is 52.9 Å². The van der Waals surface area contributed by atoms with E-state index in [1.165, 1.54) is 12.1 Å². The van der Waals surface area contributed by atoms with Gasteiger partial charge in [-0.25, -0.2) is 4.39 Å². The number of carbonyl (C=O) groups excluding carboxylic acids is 1. The van der Waals surface area contributed by atoms with Gasteiger partial charge in [-0.3, -0.25) is 4.79 Å². The van der Waals surface area contributed by atoms with Crippen molar-refractivity contribution < 1.29 is 9.18 Å². The van der Waals surface area contributed by atoms with Crippen molar-refractivity contribution in [3.63, 3.8) is 0 Å². The Balaban J connectivity index is 1.78. The number of nitriles is 1. The average Bonchev–Trinajstić information content (AvgIpc) is 2.57. The summed E-state index contributed by atoms with van der Waals surface area (Å²) in [7, 11) is 0. The number of rotatable bonds is 6. The number of hydrogen-bond acceptors (Lipinski definition) is 3. The van der Waals surface area contributed by atoms with Gasteiger partial charge < -0.3 is 5.32 Å². The van der Waals surface area contributed by atoms with Crippen LogP contribution in [0, 0.1) is 17.1 Å². The van der Waals surface area contributed by atoms with Gasteiger partial charge in [-0.1, -0.05) is 34.1 Å². The van der Waals surface area contributed by atoms with Gasteiger partial charge in [0.25, 0.3) is 5.91 Å². The molecule has 0 bridgehead atoms. The van der Waals surface area contributed by atoms with Gasteiger partial charge in [-0.2, -0.15) is 17.0 Å². The van der Waals surface area contributed by atoms with Gasteiger partial charge in [0.05, 0.1) is 17.2 Å². The number of amides is 1. The van der Waals surface area contributed by atoms with Crippen LogP contribution in [0.5, 0.6) is 0 Å². The van der Waals surface area contributed by atoms with Gasteiger partial charge in [0, 0.05) is 22.5 Å². The number of benzene rings is 2. The second kappa shape index (κ2) is 8.70. The van der Waals surface area contributed by atoms with E-state index in [1.54, 1.807) is 23.9 Å². The molecular formula is C17H14BrFN2OS. The Morgan fingerprint density at radius 1 is 1.30 bits per heavy atom. The number of nitrogens with one attached hydrogen (secondary N) is 1. The second-order valence-corrected chi connectivity index (χ2v) is 6.72. The van der Waals surface area contributed by atoms with E-state index in [2.05, 4.69) is 27.3 Å². The second-order valence-electron chi connectivity index (χ2n) is 4.70. The lowest BCUT2D eigenvalue weighted by Gasteiger charge is -2.07. The number of carbonyl (C=O) groups is 1. The molecule has 0 fully saturated rings. The van der Waals surface area contributed by atoms with Crippen LogP contribution in [-0.4, -0.2) is 18.2 Å². The SMILES string of the molecule is N#Cc1ccccc1CSCCNC(=O)c1cc(Br)ccc1F. The molecule has 0 spiro atoms. The van der Waals surface area contributed by atoms with Crippen molar-refractivity contribution in [1.82, 2.24) is 5.32 Å². The Hall–Kier alpha value is -1.84. The zero-order valence-electron chi connectivity index (χ0n) is 12.2. The van der Waals surface area contributed by atoms with Crippen LogP contribution in [-0.2, 0) is 5.75 Å². The van der Waals surface area contributed by atoms with Crippen LogP contribution in [0.2, 0.25) is 0 Å². The highest BCUT2D eigenvalue weighted by Gasteiger charge is 2.11.